The second-order valence-electron chi connectivity index (χ2n) is 9.44. The summed E-state index contributed by atoms with van der Waals surface area (Å²) >= 11 is 0. The lowest BCUT2D eigenvalue weighted by molar-refractivity contribution is 1.40. The van der Waals surface area contributed by atoms with Gasteiger partial charge in [0, 0.05) is 27.6 Å². The van der Waals surface area contributed by atoms with Gasteiger partial charge in [0.2, 0.25) is 0 Å². The average Bonchev–Trinajstić information content (AvgIpc) is 3.01. The molecule has 0 spiro atoms. The molecule has 3 nitrogen and oxygen atoms in total. The normalized spacial score (nSPS) is 12.1. The van der Waals surface area contributed by atoms with Crippen molar-refractivity contribution in [2.45, 2.75) is 6.92 Å². The van der Waals surface area contributed by atoms with Crippen molar-refractivity contribution in [3.8, 4) is 11.3 Å². The second kappa shape index (κ2) is 10.7. The van der Waals surface area contributed by atoms with Crippen LogP contribution in [-0.2, 0) is 0 Å². The first-order chi connectivity index (χ1) is 19.2. The van der Waals surface area contributed by atoms with Gasteiger partial charge in [-0.25, -0.2) is 15.0 Å². The number of hydrogen-bond donors (Lipinski definition) is 0. The Balaban J connectivity index is 1.33. The van der Waals surface area contributed by atoms with Gasteiger partial charge in [-0.15, -0.1) is 0 Å². The van der Waals surface area contributed by atoms with E-state index in [1.165, 1.54) is 10.8 Å². The van der Waals surface area contributed by atoms with E-state index in [2.05, 4.69) is 79.4 Å². The third-order valence-electron chi connectivity index (χ3n) is 6.84. The Morgan fingerprint density at radius 3 is 1.92 bits per heavy atom. The van der Waals surface area contributed by atoms with Crippen LogP contribution in [0.1, 0.15) is 23.6 Å². The molecule has 3 heteroatoms. The molecule has 0 N–H and O–H groups in total. The average molecular weight is 502 g/mol. The Labute approximate surface area is 228 Å². The standard InChI is InChI=1S/C36H27N3/c1-25(27-11-5-3-6-12-27)37-36(32-14-7-4-8-15-32)38-26(2)28-17-20-30(21-18-28)34-24-23-31-22-19-29-13-9-10-16-33(29)35(31)39-34/h3-24H,1H2,2H3/b37-36-,38-26+. The fourth-order valence-corrected chi connectivity index (χ4v) is 4.69. The molecule has 0 saturated carbocycles. The third kappa shape index (κ3) is 5.16. The molecule has 0 unspecified atom stereocenters. The van der Waals surface area contributed by atoms with Crippen LogP contribution in [0.5, 0.6) is 0 Å². The molecular weight excluding hydrogens is 474 g/mol. The number of hydrogen-bond acceptors (Lipinski definition) is 2. The van der Waals surface area contributed by atoms with Crippen molar-refractivity contribution in [1.82, 2.24) is 4.98 Å². The van der Waals surface area contributed by atoms with E-state index in [0.717, 1.165) is 44.6 Å². The summed E-state index contributed by atoms with van der Waals surface area (Å²) in [4.78, 5) is 14.8. The molecule has 0 fully saturated rings. The van der Waals surface area contributed by atoms with Crippen molar-refractivity contribution in [2.24, 2.45) is 9.98 Å². The number of aromatic nitrogens is 1. The number of amidine groups is 1. The van der Waals surface area contributed by atoms with E-state index in [1.807, 2.05) is 67.6 Å². The van der Waals surface area contributed by atoms with Gasteiger partial charge in [0.1, 0.15) is 0 Å². The zero-order chi connectivity index (χ0) is 26.6. The first kappa shape index (κ1) is 24.2. The molecule has 0 saturated heterocycles. The molecule has 0 bridgehead atoms. The highest BCUT2D eigenvalue weighted by Gasteiger charge is 2.09. The van der Waals surface area contributed by atoms with Crippen LogP contribution < -0.4 is 0 Å². The number of nitrogens with zero attached hydrogens (tertiary/aromatic N) is 3. The number of aliphatic imine (C=N–C) groups is 2. The molecule has 6 rings (SSSR count). The lowest BCUT2D eigenvalue weighted by Crippen LogP contribution is -2.04. The van der Waals surface area contributed by atoms with E-state index in [0.29, 0.717) is 11.5 Å². The first-order valence-corrected chi connectivity index (χ1v) is 13.0. The maximum atomic E-state index is 5.04. The summed E-state index contributed by atoms with van der Waals surface area (Å²) in [5.74, 6) is 0.633. The largest absolute Gasteiger partial charge is 0.247 e. The predicted octanol–water partition coefficient (Wildman–Crippen LogP) is 8.98. The van der Waals surface area contributed by atoms with E-state index in [1.54, 1.807) is 0 Å². The summed E-state index contributed by atoms with van der Waals surface area (Å²) in [5.41, 5.74) is 7.53. The van der Waals surface area contributed by atoms with Crippen molar-refractivity contribution in [3.05, 3.63) is 157 Å². The van der Waals surface area contributed by atoms with Gasteiger partial charge in [0.15, 0.2) is 5.84 Å². The molecule has 0 aliphatic rings. The van der Waals surface area contributed by atoms with Gasteiger partial charge < -0.3 is 0 Å². The van der Waals surface area contributed by atoms with Crippen LogP contribution in [-0.4, -0.2) is 16.5 Å². The number of pyridine rings is 1. The Hall–Kier alpha value is -5.15. The smallest absolute Gasteiger partial charge is 0.160 e. The minimum atomic E-state index is 0.633. The zero-order valence-corrected chi connectivity index (χ0v) is 21.8. The Bertz CT molecular complexity index is 1850. The van der Waals surface area contributed by atoms with E-state index < -0.39 is 0 Å². The van der Waals surface area contributed by atoms with Gasteiger partial charge in [-0.05, 0) is 29.5 Å². The molecule has 0 aliphatic carbocycles. The maximum Gasteiger partial charge on any atom is 0.160 e. The van der Waals surface area contributed by atoms with Crippen molar-refractivity contribution in [3.63, 3.8) is 0 Å². The van der Waals surface area contributed by atoms with Crippen LogP contribution in [0.4, 0.5) is 0 Å². The van der Waals surface area contributed by atoms with E-state index in [-0.39, 0.29) is 0 Å². The lowest BCUT2D eigenvalue weighted by Gasteiger charge is -2.09. The Morgan fingerprint density at radius 1 is 0.564 bits per heavy atom. The number of rotatable bonds is 5. The fraction of sp³-hybridized carbons (Fsp3) is 0.0278. The predicted molar refractivity (Wildman–Crippen MR) is 165 cm³/mol. The SMILES string of the molecule is C=C(/N=C(\N=C(/C)c1ccc(-c2ccc3ccc4ccccc4c3n2)cc1)c1ccccc1)c1ccccc1. The fourth-order valence-electron chi connectivity index (χ4n) is 4.69. The van der Waals surface area contributed by atoms with Crippen molar-refractivity contribution >= 4 is 38.9 Å². The highest BCUT2D eigenvalue weighted by Crippen LogP contribution is 2.27. The molecule has 39 heavy (non-hydrogen) atoms. The second-order valence-corrected chi connectivity index (χ2v) is 9.44. The minimum absolute atomic E-state index is 0.633. The molecule has 1 aromatic heterocycles. The molecule has 0 amide bonds. The summed E-state index contributed by atoms with van der Waals surface area (Å²) in [5, 5.41) is 3.51. The molecule has 5 aromatic carbocycles. The van der Waals surface area contributed by atoms with Gasteiger partial charge in [0.05, 0.1) is 16.9 Å². The van der Waals surface area contributed by atoms with E-state index in [9.17, 15) is 0 Å². The van der Waals surface area contributed by atoms with Crippen LogP contribution in [0, 0.1) is 0 Å². The molecular formula is C36H27N3. The van der Waals surface area contributed by atoms with Crippen LogP contribution >= 0.6 is 0 Å². The van der Waals surface area contributed by atoms with Crippen LogP contribution in [0.25, 0.3) is 38.6 Å². The van der Waals surface area contributed by atoms with E-state index >= 15 is 0 Å². The van der Waals surface area contributed by atoms with Gasteiger partial charge >= 0.3 is 0 Å². The molecule has 1 heterocycles. The quantitative estimate of drug-likeness (QED) is 0.132. The van der Waals surface area contributed by atoms with Crippen LogP contribution in [0.15, 0.2) is 150 Å². The summed E-state index contributed by atoms with van der Waals surface area (Å²) in [6, 6.07) is 45.3. The first-order valence-electron chi connectivity index (χ1n) is 13.0. The van der Waals surface area contributed by atoms with Crippen molar-refractivity contribution in [1.29, 1.82) is 0 Å². The highest BCUT2D eigenvalue weighted by molar-refractivity contribution is 6.12. The maximum absolute atomic E-state index is 5.04. The van der Waals surface area contributed by atoms with Crippen molar-refractivity contribution in [2.75, 3.05) is 0 Å². The van der Waals surface area contributed by atoms with E-state index in [4.69, 9.17) is 15.0 Å². The molecule has 6 aromatic rings. The zero-order valence-electron chi connectivity index (χ0n) is 21.8. The molecule has 0 radical (unpaired) electrons. The number of benzene rings is 5. The van der Waals surface area contributed by atoms with Gasteiger partial charge in [-0.3, -0.25) is 0 Å². The Kier molecular flexibility index (Phi) is 6.63. The topological polar surface area (TPSA) is 37.6 Å². The molecule has 0 aliphatic heterocycles. The minimum Gasteiger partial charge on any atom is -0.247 e. The molecule has 186 valence electrons. The summed E-state index contributed by atoms with van der Waals surface area (Å²) in [6.45, 7) is 6.21. The summed E-state index contributed by atoms with van der Waals surface area (Å²) in [6.07, 6.45) is 0. The van der Waals surface area contributed by atoms with Crippen LogP contribution in [0.3, 0.4) is 0 Å². The Morgan fingerprint density at radius 2 is 1.18 bits per heavy atom. The summed E-state index contributed by atoms with van der Waals surface area (Å²) < 4.78 is 0. The monoisotopic (exact) mass is 501 g/mol. The lowest BCUT2D eigenvalue weighted by atomic mass is 10.0. The molecule has 0 atom stereocenters. The summed E-state index contributed by atoms with van der Waals surface area (Å²) in [7, 11) is 0. The van der Waals surface area contributed by atoms with Gasteiger partial charge in [0.25, 0.3) is 0 Å². The van der Waals surface area contributed by atoms with Gasteiger partial charge in [-0.2, -0.15) is 0 Å². The van der Waals surface area contributed by atoms with Gasteiger partial charge in [-0.1, -0.05) is 134 Å². The van der Waals surface area contributed by atoms with Crippen LogP contribution in [0.2, 0.25) is 0 Å². The highest BCUT2D eigenvalue weighted by atomic mass is 14.9. The van der Waals surface area contributed by atoms with Crippen molar-refractivity contribution < 1.29 is 0 Å². The third-order valence-corrected chi connectivity index (χ3v) is 6.84. The number of fused-ring (bicyclic) bond motifs is 3.